The van der Waals surface area contributed by atoms with Gasteiger partial charge in [-0.1, -0.05) is 12.1 Å². The van der Waals surface area contributed by atoms with E-state index in [4.69, 9.17) is 4.74 Å². The van der Waals surface area contributed by atoms with E-state index in [-0.39, 0.29) is 24.8 Å². The third-order valence-corrected chi connectivity index (χ3v) is 3.81. The third-order valence-electron chi connectivity index (χ3n) is 3.81. The molecule has 1 aromatic carbocycles. The lowest BCUT2D eigenvalue weighted by molar-refractivity contribution is -0.120. The quantitative estimate of drug-likeness (QED) is 0.848. The van der Waals surface area contributed by atoms with E-state index in [0.717, 1.165) is 5.56 Å². The zero-order chi connectivity index (χ0) is 17.0. The van der Waals surface area contributed by atoms with E-state index in [1.165, 1.54) is 12.1 Å². The van der Waals surface area contributed by atoms with Gasteiger partial charge in [0.05, 0.1) is 6.42 Å². The molecule has 6 heteroatoms. The number of hydrogen-bond acceptors (Lipinski definition) is 3. The number of ether oxygens (including phenoxy) is 1. The van der Waals surface area contributed by atoms with Gasteiger partial charge in [-0.25, -0.2) is 13.8 Å². The molecule has 0 radical (unpaired) electrons. The van der Waals surface area contributed by atoms with Crippen LogP contribution in [-0.4, -0.2) is 23.2 Å². The average Bonchev–Trinajstić information content (AvgIpc) is 3.30. The zero-order valence-corrected chi connectivity index (χ0v) is 13.1. The van der Waals surface area contributed by atoms with Crippen LogP contribution in [0, 0.1) is 5.82 Å². The summed E-state index contributed by atoms with van der Waals surface area (Å²) in [5.41, 5.74) is 0.219. The van der Waals surface area contributed by atoms with Crippen LogP contribution in [0.25, 0.3) is 0 Å². The van der Waals surface area contributed by atoms with Crippen molar-refractivity contribution in [3.8, 4) is 5.88 Å². The van der Waals surface area contributed by atoms with E-state index in [0.29, 0.717) is 30.8 Å². The summed E-state index contributed by atoms with van der Waals surface area (Å²) >= 11 is 0. The van der Waals surface area contributed by atoms with E-state index < -0.39 is 5.67 Å². The molecule has 0 aliphatic heterocycles. The van der Waals surface area contributed by atoms with Gasteiger partial charge in [0.15, 0.2) is 0 Å². The smallest absolute Gasteiger partial charge is 0.224 e. The Morgan fingerprint density at radius 2 is 2.08 bits per heavy atom. The van der Waals surface area contributed by atoms with Crippen LogP contribution in [0.3, 0.4) is 0 Å². The second-order valence-corrected chi connectivity index (χ2v) is 6.03. The van der Waals surface area contributed by atoms with Crippen LogP contribution < -0.4 is 10.1 Å². The van der Waals surface area contributed by atoms with Gasteiger partial charge < -0.3 is 10.1 Å². The Morgan fingerprint density at radius 3 is 2.83 bits per heavy atom. The van der Waals surface area contributed by atoms with Crippen LogP contribution in [0.5, 0.6) is 5.88 Å². The number of amides is 1. The molecular weight excluding hydrogens is 314 g/mol. The van der Waals surface area contributed by atoms with Crippen LogP contribution in [0.1, 0.15) is 24.0 Å². The van der Waals surface area contributed by atoms with Crippen LogP contribution >= 0.6 is 0 Å². The minimum Gasteiger partial charge on any atom is -0.474 e. The second kappa shape index (κ2) is 6.95. The van der Waals surface area contributed by atoms with Crippen molar-refractivity contribution < 1.29 is 18.3 Å². The second-order valence-electron chi connectivity index (χ2n) is 6.03. The molecule has 2 aromatic rings. The molecule has 1 amide bonds. The van der Waals surface area contributed by atoms with Crippen molar-refractivity contribution in [2.24, 2.45) is 0 Å². The molecule has 1 fully saturated rings. The first-order valence-electron chi connectivity index (χ1n) is 7.80. The highest BCUT2D eigenvalue weighted by Crippen LogP contribution is 2.39. The molecule has 1 heterocycles. The molecule has 3 rings (SSSR count). The molecule has 0 atom stereocenters. The highest BCUT2D eigenvalue weighted by atomic mass is 19.1. The van der Waals surface area contributed by atoms with E-state index in [9.17, 15) is 13.6 Å². The normalized spacial score (nSPS) is 14.9. The molecule has 1 aliphatic carbocycles. The van der Waals surface area contributed by atoms with Gasteiger partial charge in [-0.15, -0.1) is 0 Å². The summed E-state index contributed by atoms with van der Waals surface area (Å²) < 4.78 is 32.0. The predicted octanol–water partition coefficient (Wildman–Crippen LogP) is 2.96. The number of carbonyl (C=O) groups is 1. The van der Waals surface area contributed by atoms with Crippen molar-refractivity contribution in [2.75, 3.05) is 6.61 Å². The number of alkyl halides is 1. The molecule has 0 unspecified atom stereocenters. The minimum absolute atomic E-state index is 0.00931. The third kappa shape index (κ3) is 4.75. The fourth-order valence-corrected chi connectivity index (χ4v) is 2.22. The number of aromatic nitrogens is 1. The number of benzene rings is 1. The highest BCUT2D eigenvalue weighted by Gasteiger charge is 2.44. The molecule has 1 aliphatic rings. The molecular formula is C18H18F2N2O2. The zero-order valence-electron chi connectivity index (χ0n) is 13.1. The van der Waals surface area contributed by atoms with Gasteiger partial charge in [0.25, 0.3) is 0 Å². The lowest BCUT2D eigenvalue weighted by Gasteiger charge is -2.09. The first-order valence-corrected chi connectivity index (χ1v) is 7.80. The van der Waals surface area contributed by atoms with Gasteiger partial charge in [-0.3, -0.25) is 4.79 Å². The summed E-state index contributed by atoms with van der Waals surface area (Å²) in [6.07, 6.45) is 2.73. The molecule has 1 saturated carbocycles. The largest absolute Gasteiger partial charge is 0.474 e. The van der Waals surface area contributed by atoms with Gasteiger partial charge in [0.1, 0.15) is 18.1 Å². The first kappa shape index (κ1) is 16.4. The predicted molar refractivity (Wildman–Crippen MR) is 84.8 cm³/mol. The van der Waals surface area contributed by atoms with Crippen LogP contribution in [0.15, 0.2) is 42.6 Å². The fraction of sp³-hybridized carbons (Fsp3) is 0.333. The molecule has 1 aromatic heterocycles. The first-order chi connectivity index (χ1) is 11.5. The maximum Gasteiger partial charge on any atom is 0.224 e. The Labute approximate surface area is 138 Å². The molecule has 1 N–H and O–H groups in total. The Bertz CT molecular complexity index is 732. The molecule has 0 spiro atoms. The van der Waals surface area contributed by atoms with Crippen LogP contribution in [-0.2, 0) is 17.8 Å². The SMILES string of the molecule is O=C(Cc1cccc(F)c1)NCc1ccnc(OCC2(F)CC2)c1. The number of nitrogens with one attached hydrogen (secondary N) is 1. The number of halogens is 2. The van der Waals surface area contributed by atoms with Gasteiger partial charge >= 0.3 is 0 Å². The minimum atomic E-state index is -1.20. The molecule has 126 valence electrons. The number of pyridine rings is 1. The van der Waals surface area contributed by atoms with Crippen molar-refractivity contribution in [3.63, 3.8) is 0 Å². The summed E-state index contributed by atoms with van der Waals surface area (Å²) in [4.78, 5) is 15.9. The summed E-state index contributed by atoms with van der Waals surface area (Å²) in [6, 6.07) is 9.37. The van der Waals surface area contributed by atoms with Crippen molar-refractivity contribution in [3.05, 3.63) is 59.5 Å². The molecule has 4 nitrogen and oxygen atoms in total. The van der Waals surface area contributed by atoms with Gasteiger partial charge in [-0.05, 0) is 42.2 Å². The van der Waals surface area contributed by atoms with E-state index in [1.807, 2.05) is 0 Å². The molecule has 24 heavy (non-hydrogen) atoms. The van der Waals surface area contributed by atoms with Crippen LogP contribution in [0.2, 0.25) is 0 Å². The number of carbonyl (C=O) groups excluding carboxylic acids is 1. The maximum atomic E-state index is 13.5. The summed E-state index contributed by atoms with van der Waals surface area (Å²) in [6.45, 7) is 0.309. The Balaban J connectivity index is 1.49. The van der Waals surface area contributed by atoms with E-state index in [1.54, 1.807) is 30.5 Å². The molecule has 0 saturated heterocycles. The number of nitrogens with zero attached hydrogens (tertiary/aromatic N) is 1. The van der Waals surface area contributed by atoms with E-state index in [2.05, 4.69) is 10.3 Å². The Hall–Kier alpha value is -2.50. The number of hydrogen-bond donors (Lipinski definition) is 1. The summed E-state index contributed by atoms with van der Waals surface area (Å²) in [5, 5.41) is 2.76. The van der Waals surface area contributed by atoms with Crippen molar-refractivity contribution in [1.82, 2.24) is 10.3 Å². The fourth-order valence-electron chi connectivity index (χ4n) is 2.22. The molecule has 0 bridgehead atoms. The van der Waals surface area contributed by atoms with Crippen molar-refractivity contribution in [2.45, 2.75) is 31.5 Å². The summed E-state index contributed by atoms with van der Waals surface area (Å²) in [5.74, 6) is -0.228. The lowest BCUT2D eigenvalue weighted by atomic mass is 10.1. The van der Waals surface area contributed by atoms with Crippen molar-refractivity contribution in [1.29, 1.82) is 0 Å². The van der Waals surface area contributed by atoms with Gasteiger partial charge in [0, 0.05) is 18.8 Å². The van der Waals surface area contributed by atoms with Crippen molar-refractivity contribution >= 4 is 5.91 Å². The Kier molecular flexibility index (Phi) is 4.74. The standard InChI is InChI=1S/C18H18F2N2O2/c19-15-3-1-2-13(8-15)9-16(23)22-11-14-4-7-21-17(10-14)24-12-18(20)5-6-18/h1-4,7-8,10H,5-6,9,11-12H2,(H,22,23). The average molecular weight is 332 g/mol. The monoisotopic (exact) mass is 332 g/mol. The number of rotatable bonds is 7. The Morgan fingerprint density at radius 1 is 1.25 bits per heavy atom. The van der Waals surface area contributed by atoms with E-state index >= 15 is 0 Å². The topological polar surface area (TPSA) is 51.2 Å². The van der Waals surface area contributed by atoms with Gasteiger partial charge in [0.2, 0.25) is 11.8 Å². The summed E-state index contributed by atoms with van der Waals surface area (Å²) in [7, 11) is 0. The maximum absolute atomic E-state index is 13.5. The van der Waals surface area contributed by atoms with Crippen LogP contribution in [0.4, 0.5) is 8.78 Å². The lowest BCUT2D eigenvalue weighted by Crippen LogP contribution is -2.24. The highest BCUT2D eigenvalue weighted by molar-refractivity contribution is 5.78. The van der Waals surface area contributed by atoms with Gasteiger partial charge in [-0.2, -0.15) is 0 Å².